The van der Waals surface area contributed by atoms with Crippen LogP contribution in [0.15, 0.2) is 69.1 Å². The lowest BCUT2D eigenvalue weighted by Crippen LogP contribution is -2.46. The number of anilines is 1. The molecule has 150 valence electrons. The molecule has 0 aliphatic heterocycles. The fourth-order valence-corrected chi connectivity index (χ4v) is 4.99. The number of hydrogen-bond acceptors (Lipinski definition) is 4. The lowest BCUT2D eigenvalue weighted by atomic mass is 10.1. The molecule has 2 heterocycles. The zero-order chi connectivity index (χ0) is 20.2. The van der Waals surface area contributed by atoms with Gasteiger partial charge in [-0.2, -0.15) is 0 Å². The van der Waals surface area contributed by atoms with Crippen LogP contribution >= 0.6 is 27.3 Å². The van der Waals surface area contributed by atoms with Crippen molar-refractivity contribution in [2.75, 3.05) is 4.90 Å². The van der Waals surface area contributed by atoms with Crippen LogP contribution in [0.25, 0.3) is 0 Å². The third-order valence-electron chi connectivity index (χ3n) is 5.08. The second-order valence-corrected chi connectivity index (χ2v) is 8.85. The van der Waals surface area contributed by atoms with Gasteiger partial charge in [-0.05, 0) is 64.5 Å². The van der Waals surface area contributed by atoms with E-state index in [1.807, 2.05) is 41.8 Å². The summed E-state index contributed by atoms with van der Waals surface area (Å²) in [6.45, 7) is 0. The number of nitrogens with one attached hydrogen (secondary N) is 1. The number of carbonyl (C=O) groups is 2. The van der Waals surface area contributed by atoms with Crippen molar-refractivity contribution in [3.05, 3.63) is 75.3 Å². The van der Waals surface area contributed by atoms with Gasteiger partial charge in [0.2, 0.25) is 5.91 Å². The number of rotatable bonds is 6. The molecular weight excluding hydrogens is 452 g/mol. The predicted molar refractivity (Wildman–Crippen MR) is 117 cm³/mol. The van der Waals surface area contributed by atoms with E-state index >= 15 is 0 Å². The van der Waals surface area contributed by atoms with Gasteiger partial charge in [0, 0.05) is 15.4 Å². The molecule has 1 aromatic carbocycles. The van der Waals surface area contributed by atoms with E-state index in [0.29, 0.717) is 5.69 Å². The van der Waals surface area contributed by atoms with Gasteiger partial charge in [0.05, 0.1) is 12.0 Å². The van der Waals surface area contributed by atoms with E-state index in [1.165, 1.54) is 22.5 Å². The highest BCUT2D eigenvalue weighted by molar-refractivity contribution is 9.10. The van der Waals surface area contributed by atoms with Crippen LogP contribution < -0.4 is 10.2 Å². The molecule has 0 bridgehead atoms. The number of benzene rings is 1. The lowest BCUT2D eigenvalue weighted by Gasteiger charge is -2.31. The molecule has 2 aromatic heterocycles. The van der Waals surface area contributed by atoms with Crippen molar-refractivity contribution < 1.29 is 14.0 Å². The largest absolute Gasteiger partial charge is 0.459 e. The van der Waals surface area contributed by atoms with E-state index < -0.39 is 6.04 Å². The van der Waals surface area contributed by atoms with Crippen molar-refractivity contribution in [3.63, 3.8) is 0 Å². The molecule has 1 N–H and O–H groups in total. The maximum Gasteiger partial charge on any atom is 0.295 e. The Morgan fingerprint density at radius 3 is 2.55 bits per heavy atom. The average molecular weight is 473 g/mol. The standard InChI is InChI=1S/C22H21BrN2O3S/c23-16-9-3-4-10-17(16)25(22(27)18-11-5-13-28-18)20(19-12-6-14-29-19)21(26)24-15-7-1-2-8-15/h3-6,9-15,20H,1-2,7-8H2,(H,24,26)/t20-/m0/s1. The minimum Gasteiger partial charge on any atom is -0.459 e. The molecule has 4 rings (SSSR count). The van der Waals surface area contributed by atoms with Crippen LogP contribution in [-0.4, -0.2) is 17.9 Å². The Hall–Kier alpha value is -2.38. The van der Waals surface area contributed by atoms with Gasteiger partial charge >= 0.3 is 0 Å². The Balaban J connectivity index is 1.78. The van der Waals surface area contributed by atoms with Gasteiger partial charge < -0.3 is 9.73 Å². The first-order valence-electron chi connectivity index (χ1n) is 9.60. The van der Waals surface area contributed by atoms with Gasteiger partial charge in [0.25, 0.3) is 5.91 Å². The summed E-state index contributed by atoms with van der Waals surface area (Å²) in [5, 5.41) is 5.08. The highest BCUT2D eigenvalue weighted by atomic mass is 79.9. The lowest BCUT2D eigenvalue weighted by molar-refractivity contribution is -0.123. The molecule has 1 saturated carbocycles. The van der Waals surface area contributed by atoms with Crippen molar-refractivity contribution in [3.8, 4) is 0 Å². The monoisotopic (exact) mass is 472 g/mol. The molecule has 1 aliphatic carbocycles. The van der Waals surface area contributed by atoms with E-state index in [1.54, 1.807) is 12.1 Å². The smallest absolute Gasteiger partial charge is 0.295 e. The normalized spacial score (nSPS) is 15.2. The molecule has 0 spiro atoms. The summed E-state index contributed by atoms with van der Waals surface area (Å²) in [6.07, 6.45) is 5.65. The number of hydrogen-bond donors (Lipinski definition) is 1. The number of halogens is 1. The summed E-state index contributed by atoms with van der Waals surface area (Å²) in [7, 11) is 0. The second-order valence-electron chi connectivity index (χ2n) is 7.01. The van der Waals surface area contributed by atoms with E-state index in [-0.39, 0.29) is 23.6 Å². The first-order valence-corrected chi connectivity index (χ1v) is 11.3. The van der Waals surface area contributed by atoms with Crippen LogP contribution in [0.5, 0.6) is 0 Å². The van der Waals surface area contributed by atoms with Crippen LogP contribution in [0.3, 0.4) is 0 Å². The first-order chi connectivity index (χ1) is 14.1. The molecule has 1 atom stereocenters. The first kappa shape index (κ1) is 19.9. The van der Waals surface area contributed by atoms with Crippen LogP contribution in [0.2, 0.25) is 0 Å². The molecule has 7 heteroatoms. The Kier molecular flexibility index (Phi) is 6.16. The van der Waals surface area contributed by atoms with E-state index in [9.17, 15) is 9.59 Å². The number of para-hydroxylation sites is 1. The van der Waals surface area contributed by atoms with Crippen LogP contribution in [0.4, 0.5) is 5.69 Å². The molecule has 0 radical (unpaired) electrons. The summed E-state index contributed by atoms with van der Waals surface area (Å²) < 4.78 is 6.12. The Morgan fingerprint density at radius 1 is 1.10 bits per heavy atom. The maximum absolute atomic E-state index is 13.5. The predicted octanol–water partition coefficient (Wildman–Crippen LogP) is 5.55. The summed E-state index contributed by atoms with van der Waals surface area (Å²) in [5.41, 5.74) is 0.619. The minimum absolute atomic E-state index is 0.157. The van der Waals surface area contributed by atoms with Crippen molar-refractivity contribution >= 4 is 44.8 Å². The van der Waals surface area contributed by atoms with Crippen molar-refractivity contribution in [2.24, 2.45) is 0 Å². The van der Waals surface area contributed by atoms with Gasteiger partial charge in [-0.25, -0.2) is 0 Å². The quantitative estimate of drug-likeness (QED) is 0.511. The average Bonchev–Trinajstić information content (AvgIpc) is 3.49. The number of furan rings is 1. The SMILES string of the molecule is O=C(NC1CCCC1)[C@H](c1cccs1)N(C(=O)c1ccco1)c1ccccc1Br. The summed E-state index contributed by atoms with van der Waals surface area (Å²) in [6, 6.07) is 13.9. The number of carbonyl (C=O) groups excluding carboxylic acids is 2. The second kappa shape index (κ2) is 8.97. The molecule has 3 aromatic rings. The number of amides is 2. The summed E-state index contributed by atoms with van der Waals surface area (Å²) in [5.74, 6) is -0.340. The molecular formula is C22H21BrN2O3S. The maximum atomic E-state index is 13.5. The third-order valence-corrected chi connectivity index (χ3v) is 6.68. The van der Waals surface area contributed by atoms with Crippen molar-refractivity contribution in [1.29, 1.82) is 0 Å². The molecule has 2 amide bonds. The molecule has 0 unspecified atom stereocenters. The molecule has 1 fully saturated rings. The fourth-order valence-electron chi connectivity index (χ4n) is 3.70. The highest BCUT2D eigenvalue weighted by Crippen LogP contribution is 2.36. The van der Waals surface area contributed by atoms with Gasteiger partial charge in [-0.15, -0.1) is 11.3 Å². The molecule has 5 nitrogen and oxygen atoms in total. The molecule has 0 saturated heterocycles. The Morgan fingerprint density at radius 2 is 1.90 bits per heavy atom. The van der Waals surface area contributed by atoms with Gasteiger partial charge in [0.15, 0.2) is 11.8 Å². The number of thiophene rings is 1. The Labute approximate surface area is 181 Å². The molecule has 29 heavy (non-hydrogen) atoms. The van der Waals surface area contributed by atoms with E-state index in [2.05, 4.69) is 21.2 Å². The van der Waals surface area contributed by atoms with Gasteiger partial charge in [-0.3, -0.25) is 14.5 Å². The van der Waals surface area contributed by atoms with Crippen LogP contribution in [0, 0.1) is 0 Å². The zero-order valence-electron chi connectivity index (χ0n) is 15.7. The summed E-state index contributed by atoms with van der Waals surface area (Å²) >= 11 is 5.00. The van der Waals surface area contributed by atoms with Crippen LogP contribution in [0.1, 0.15) is 47.2 Å². The third kappa shape index (κ3) is 4.31. The zero-order valence-corrected chi connectivity index (χ0v) is 18.1. The van der Waals surface area contributed by atoms with E-state index in [4.69, 9.17) is 4.42 Å². The Bertz CT molecular complexity index is 966. The summed E-state index contributed by atoms with van der Waals surface area (Å²) in [4.78, 5) is 29.3. The van der Waals surface area contributed by atoms with E-state index in [0.717, 1.165) is 35.0 Å². The number of nitrogens with zero attached hydrogens (tertiary/aromatic N) is 1. The topological polar surface area (TPSA) is 62.6 Å². The highest BCUT2D eigenvalue weighted by Gasteiger charge is 2.37. The molecule has 1 aliphatic rings. The van der Waals surface area contributed by atoms with Crippen LogP contribution in [-0.2, 0) is 4.79 Å². The minimum atomic E-state index is -0.785. The van der Waals surface area contributed by atoms with Crippen molar-refractivity contribution in [1.82, 2.24) is 5.32 Å². The van der Waals surface area contributed by atoms with Gasteiger partial charge in [-0.1, -0.05) is 31.0 Å². The van der Waals surface area contributed by atoms with Crippen molar-refractivity contribution in [2.45, 2.75) is 37.8 Å². The van der Waals surface area contributed by atoms with Gasteiger partial charge in [0.1, 0.15) is 0 Å². The fraction of sp³-hybridized carbons (Fsp3) is 0.273.